The van der Waals surface area contributed by atoms with Gasteiger partial charge in [-0.15, -0.1) is 0 Å². The number of nitrogens with one attached hydrogen (secondary N) is 1. The predicted molar refractivity (Wildman–Crippen MR) is 117 cm³/mol. The number of nitrogens with zero attached hydrogens (tertiary/aromatic N) is 3. The minimum Gasteiger partial charge on any atom is -0.354 e. The summed E-state index contributed by atoms with van der Waals surface area (Å²) >= 11 is 1.86. The average molecular weight is 407 g/mol. The molecule has 148 valence electrons. The number of hydrogen-bond acceptors (Lipinski definition) is 6. The van der Waals surface area contributed by atoms with Gasteiger partial charge >= 0.3 is 0 Å². The second-order valence-corrected chi connectivity index (χ2v) is 8.26. The molecular weight excluding hydrogens is 384 g/mol. The summed E-state index contributed by atoms with van der Waals surface area (Å²) in [4.78, 5) is 35.6. The number of benzene rings is 1. The molecule has 1 aromatic carbocycles. The summed E-state index contributed by atoms with van der Waals surface area (Å²) in [5.41, 5.74) is 4.14. The third-order valence-corrected chi connectivity index (χ3v) is 5.90. The summed E-state index contributed by atoms with van der Waals surface area (Å²) in [5.74, 6) is 1.89. The lowest BCUT2D eigenvalue weighted by atomic mass is 10.1. The lowest BCUT2D eigenvalue weighted by molar-refractivity contribution is 0.0773. The van der Waals surface area contributed by atoms with Crippen molar-refractivity contribution in [3.05, 3.63) is 59.4 Å². The minimum atomic E-state index is -0.0249. The Morgan fingerprint density at radius 2 is 1.79 bits per heavy atom. The third-order valence-electron chi connectivity index (χ3n) is 4.96. The van der Waals surface area contributed by atoms with Gasteiger partial charge in [-0.1, -0.05) is 0 Å². The number of anilines is 2. The molecule has 1 fully saturated rings. The second kappa shape index (κ2) is 8.21. The smallest absolute Gasteiger partial charge is 0.257 e. The van der Waals surface area contributed by atoms with Crippen molar-refractivity contribution in [3.63, 3.8) is 0 Å². The molecule has 0 unspecified atom stereocenters. The van der Waals surface area contributed by atoms with Crippen LogP contribution in [0.4, 0.5) is 11.4 Å². The third kappa shape index (κ3) is 4.10. The number of carbonyl (C=O) groups excluding carboxylic acids is 2. The van der Waals surface area contributed by atoms with E-state index >= 15 is 0 Å². The molecule has 4 rings (SSSR count). The summed E-state index contributed by atoms with van der Waals surface area (Å²) in [6, 6.07) is 11.1. The lowest BCUT2D eigenvalue weighted by Gasteiger charge is -2.27. The molecule has 3 aromatic rings. The summed E-state index contributed by atoms with van der Waals surface area (Å²) in [6.45, 7) is 4.93. The minimum absolute atomic E-state index is 0.0180. The van der Waals surface area contributed by atoms with Crippen molar-refractivity contribution in [1.29, 1.82) is 0 Å². The van der Waals surface area contributed by atoms with Crippen molar-refractivity contribution >= 4 is 45.9 Å². The molecular formula is C22H22N4O2S. The number of amides is 1. The average Bonchev–Trinajstić information content (AvgIpc) is 2.74. The molecule has 0 saturated carbocycles. The molecule has 29 heavy (non-hydrogen) atoms. The van der Waals surface area contributed by atoms with Crippen LogP contribution in [0.15, 0.2) is 42.6 Å². The lowest BCUT2D eigenvalue weighted by Crippen LogP contribution is -2.38. The van der Waals surface area contributed by atoms with Crippen molar-refractivity contribution in [2.75, 3.05) is 29.9 Å². The van der Waals surface area contributed by atoms with Gasteiger partial charge in [-0.2, -0.15) is 11.8 Å². The first-order chi connectivity index (χ1) is 14.0. The van der Waals surface area contributed by atoms with E-state index in [1.807, 2.05) is 47.9 Å². The molecule has 1 N–H and O–H groups in total. The number of hydrogen-bond donors (Lipinski definition) is 1. The van der Waals surface area contributed by atoms with Crippen LogP contribution in [0.1, 0.15) is 33.3 Å². The maximum atomic E-state index is 13.2. The number of fused-ring (bicyclic) bond motifs is 1. The van der Waals surface area contributed by atoms with Crippen molar-refractivity contribution in [2.24, 2.45) is 0 Å². The summed E-state index contributed by atoms with van der Waals surface area (Å²) in [6.07, 6.45) is 1.62. The SMILES string of the molecule is CC(=O)c1ccc(Nc2c(C(=O)N3CCSCC3)cnc3nc(C)ccc23)cc1. The number of pyridine rings is 2. The van der Waals surface area contributed by atoms with E-state index in [1.54, 1.807) is 25.3 Å². The molecule has 1 amide bonds. The van der Waals surface area contributed by atoms with E-state index in [4.69, 9.17) is 0 Å². The highest BCUT2D eigenvalue weighted by atomic mass is 32.2. The van der Waals surface area contributed by atoms with E-state index in [-0.39, 0.29) is 11.7 Å². The first kappa shape index (κ1) is 19.4. The first-order valence-corrected chi connectivity index (χ1v) is 10.7. The van der Waals surface area contributed by atoms with Crippen LogP contribution in [-0.4, -0.2) is 51.2 Å². The van der Waals surface area contributed by atoms with Crippen molar-refractivity contribution < 1.29 is 9.59 Å². The van der Waals surface area contributed by atoms with Crippen LogP contribution >= 0.6 is 11.8 Å². The summed E-state index contributed by atoms with van der Waals surface area (Å²) in [5, 5.41) is 4.17. The Morgan fingerprint density at radius 3 is 2.48 bits per heavy atom. The molecule has 0 bridgehead atoms. The maximum Gasteiger partial charge on any atom is 0.257 e. The van der Waals surface area contributed by atoms with E-state index in [2.05, 4.69) is 15.3 Å². The zero-order valence-electron chi connectivity index (χ0n) is 16.4. The number of ketones is 1. The fraction of sp³-hybridized carbons (Fsp3) is 0.273. The van der Waals surface area contributed by atoms with E-state index in [1.165, 1.54) is 0 Å². The van der Waals surface area contributed by atoms with Crippen molar-refractivity contribution in [1.82, 2.24) is 14.9 Å². The number of rotatable bonds is 4. The Balaban J connectivity index is 1.77. The Labute approximate surface area is 173 Å². The molecule has 1 aliphatic heterocycles. The molecule has 0 radical (unpaired) electrons. The number of aryl methyl sites for hydroxylation is 1. The molecule has 1 aliphatic rings. The monoisotopic (exact) mass is 406 g/mol. The van der Waals surface area contributed by atoms with Gasteiger partial charge in [0, 0.05) is 53.1 Å². The zero-order chi connectivity index (χ0) is 20.4. The standard InChI is InChI=1S/C22H22N4O2S/c1-14-3-8-18-20(25-17-6-4-16(5-7-17)15(2)27)19(13-23-21(18)24-14)22(28)26-9-11-29-12-10-26/h3-8,13H,9-12H2,1-2H3,(H,23,24,25). The quantitative estimate of drug-likeness (QED) is 0.658. The van der Waals surface area contributed by atoms with E-state index in [9.17, 15) is 9.59 Å². The molecule has 6 nitrogen and oxygen atoms in total. The number of Topliss-reactive ketones (excluding diaryl/α,β-unsaturated/α-hetero) is 1. The number of aromatic nitrogens is 2. The van der Waals surface area contributed by atoms with Gasteiger partial charge in [-0.05, 0) is 50.2 Å². The molecule has 7 heteroatoms. The molecule has 1 saturated heterocycles. The first-order valence-electron chi connectivity index (χ1n) is 9.54. The van der Waals surface area contributed by atoms with Crippen molar-refractivity contribution in [3.8, 4) is 0 Å². The van der Waals surface area contributed by atoms with Crippen LogP contribution in [0.3, 0.4) is 0 Å². The fourth-order valence-corrected chi connectivity index (χ4v) is 4.24. The molecule has 3 heterocycles. The van der Waals surface area contributed by atoms with Gasteiger partial charge in [-0.3, -0.25) is 9.59 Å². The molecule has 2 aromatic heterocycles. The Hall–Kier alpha value is -2.93. The molecule has 0 spiro atoms. The van der Waals surface area contributed by atoms with Gasteiger partial charge in [0.25, 0.3) is 5.91 Å². The number of carbonyl (C=O) groups is 2. The largest absolute Gasteiger partial charge is 0.354 e. The van der Waals surface area contributed by atoms with Crippen LogP contribution in [0, 0.1) is 6.92 Å². The number of thioether (sulfide) groups is 1. The highest BCUT2D eigenvalue weighted by molar-refractivity contribution is 7.99. The van der Waals surface area contributed by atoms with Gasteiger partial charge in [0.15, 0.2) is 11.4 Å². The van der Waals surface area contributed by atoms with Crippen LogP contribution in [0.25, 0.3) is 11.0 Å². The van der Waals surface area contributed by atoms with Gasteiger partial charge < -0.3 is 10.2 Å². The molecule has 0 atom stereocenters. The zero-order valence-corrected chi connectivity index (χ0v) is 17.3. The fourth-order valence-electron chi connectivity index (χ4n) is 3.34. The molecule has 0 aliphatic carbocycles. The van der Waals surface area contributed by atoms with Crippen LogP contribution in [0.2, 0.25) is 0 Å². The summed E-state index contributed by atoms with van der Waals surface area (Å²) < 4.78 is 0. The highest BCUT2D eigenvalue weighted by Crippen LogP contribution is 2.30. The maximum absolute atomic E-state index is 13.2. The highest BCUT2D eigenvalue weighted by Gasteiger charge is 2.23. The van der Waals surface area contributed by atoms with E-state index in [0.717, 1.165) is 41.4 Å². The van der Waals surface area contributed by atoms with Crippen LogP contribution in [0.5, 0.6) is 0 Å². The normalized spacial score (nSPS) is 14.1. The van der Waals surface area contributed by atoms with Gasteiger partial charge in [0.1, 0.15) is 0 Å². The van der Waals surface area contributed by atoms with Gasteiger partial charge in [0.05, 0.1) is 11.3 Å². The Morgan fingerprint density at radius 1 is 1.07 bits per heavy atom. The van der Waals surface area contributed by atoms with Crippen LogP contribution < -0.4 is 5.32 Å². The predicted octanol–water partition coefficient (Wildman–Crippen LogP) is 4.07. The topological polar surface area (TPSA) is 75.2 Å². The van der Waals surface area contributed by atoms with Crippen molar-refractivity contribution in [2.45, 2.75) is 13.8 Å². The van der Waals surface area contributed by atoms with Gasteiger partial charge in [0.2, 0.25) is 0 Å². The second-order valence-electron chi connectivity index (χ2n) is 7.03. The van der Waals surface area contributed by atoms with E-state index < -0.39 is 0 Å². The Kier molecular flexibility index (Phi) is 5.49. The van der Waals surface area contributed by atoms with Gasteiger partial charge in [-0.25, -0.2) is 9.97 Å². The van der Waals surface area contributed by atoms with Crippen LogP contribution in [-0.2, 0) is 0 Å². The van der Waals surface area contributed by atoms with E-state index in [0.29, 0.717) is 22.5 Å². The summed E-state index contributed by atoms with van der Waals surface area (Å²) in [7, 11) is 0. The Bertz CT molecular complexity index is 1080.